The fourth-order valence-electron chi connectivity index (χ4n) is 1.85. The molecule has 1 unspecified atom stereocenters. The van der Waals surface area contributed by atoms with Gasteiger partial charge in [0.1, 0.15) is 6.04 Å². The second-order valence-electron chi connectivity index (χ2n) is 4.78. The molecule has 1 aromatic carbocycles. The number of aliphatic carboxylic acids is 1. The lowest BCUT2D eigenvalue weighted by atomic mass is 10.1. The highest BCUT2D eigenvalue weighted by Crippen LogP contribution is 2.05. The smallest absolute Gasteiger partial charge is 0.325 e. The van der Waals surface area contributed by atoms with Crippen molar-refractivity contribution in [2.24, 2.45) is 0 Å². The Morgan fingerprint density at radius 1 is 1.14 bits per heavy atom. The zero-order chi connectivity index (χ0) is 15.2. The molecule has 22 heavy (non-hydrogen) atoms. The van der Waals surface area contributed by atoms with E-state index in [1.165, 1.54) is 6.92 Å². The summed E-state index contributed by atoms with van der Waals surface area (Å²) in [5.41, 5.74) is 1.51. The number of pyridine rings is 1. The molecule has 116 valence electrons. The quantitative estimate of drug-likeness (QED) is 0.641. The molecule has 2 rings (SSSR count). The highest BCUT2D eigenvalue weighted by Gasteiger charge is 2.15. The fourth-order valence-corrected chi connectivity index (χ4v) is 1.85. The van der Waals surface area contributed by atoms with E-state index in [0.717, 1.165) is 5.56 Å². The van der Waals surface area contributed by atoms with Crippen molar-refractivity contribution in [3.05, 3.63) is 66.0 Å². The van der Waals surface area contributed by atoms with Crippen LogP contribution >= 0.6 is 0 Å². The van der Waals surface area contributed by atoms with Crippen LogP contribution in [-0.4, -0.2) is 23.0 Å². The number of carbonyl (C=O) groups excluding carboxylic acids is 1. The summed E-state index contributed by atoms with van der Waals surface area (Å²) in [7, 11) is 0. The van der Waals surface area contributed by atoms with Crippen molar-refractivity contribution in [2.75, 3.05) is 0 Å². The van der Waals surface area contributed by atoms with Crippen LogP contribution in [0.1, 0.15) is 22.8 Å². The first-order valence-corrected chi connectivity index (χ1v) is 6.63. The number of aromatic nitrogens is 1. The average molecular weight is 321 g/mol. The third-order valence-corrected chi connectivity index (χ3v) is 3.08. The summed E-state index contributed by atoms with van der Waals surface area (Å²) in [5, 5.41) is 11.2. The SMILES string of the molecule is CC(NC(=O)c1ccc(C[n+]2ccccc2)cc1)C(=O)O.[Cl-]. The maximum absolute atomic E-state index is 11.8. The number of hydrogen-bond donors (Lipinski definition) is 2. The van der Waals surface area contributed by atoms with Gasteiger partial charge in [0, 0.05) is 23.3 Å². The Kier molecular flexibility index (Phi) is 6.53. The van der Waals surface area contributed by atoms with Crippen molar-refractivity contribution < 1.29 is 31.7 Å². The molecule has 0 aliphatic rings. The van der Waals surface area contributed by atoms with E-state index in [-0.39, 0.29) is 18.3 Å². The summed E-state index contributed by atoms with van der Waals surface area (Å²) in [6.07, 6.45) is 3.93. The molecule has 5 nitrogen and oxygen atoms in total. The average Bonchev–Trinajstić information content (AvgIpc) is 2.48. The minimum Gasteiger partial charge on any atom is -1.00 e. The van der Waals surface area contributed by atoms with Crippen molar-refractivity contribution in [2.45, 2.75) is 19.5 Å². The van der Waals surface area contributed by atoms with Crippen molar-refractivity contribution in [3.63, 3.8) is 0 Å². The van der Waals surface area contributed by atoms with Crippen LogP contribution in [0.15, 0.2) is 54.9 Å². The molecule has 0 saturated carbocycles. The first-order chi connectivity index (χ1) is 10.1. The number of benzene rings is 1. The molecule has 0 saturated heterocycles. The lowest BCUT2D eigenvalue weighted by molar-refractivity contribution is -0.688. The minimum atomic E-state index is -1.06. The topological polar surface area (TPSA) is 70.3 Å². The van der Waals surface area contributed by atoms with Gasteiger partial charge in [0.2, 0.25) is 0 Å². The van der Waals surface area contributed by atoms with E-state index in [1.807, 2.05) is 47.3 Å². The molecule has 1 atom stereocenters. The summed E-state index contributed by atoms with van der Waals surface area (Å²) < 4.78 is 2.03. The Morgan fingerprint density at radius 3 is 2.27 bits per heavy atom. The van der Waals surface area contributed by atoms with E-state index in [2.05, 4.69) is 5.32 Å². The number of nitrogens with one attached hydrogen (secondary N) is 1. The highest BCUT2D eigenvalue weighted by atomic mass is 35.5. The van der Waals surface area contributed by atoms with Crippen LogP contribution in [0.2, 0.25) is 0 Å². The number of carbonyl (C=O) groups is 2. The summed E-state index contributed by atoms with van der Waals surface area (Å²) in [5.74, 6) is -1.44. The molecular formula is C16H17ClN2O3. The molecule has 0 fully saturated rings. The van der Waals surface area contributed by atoms with Gasteiger partial charge < -0.3 is 22.8 Å². The summed E-state index contributed by atoms with van der Waals surface area (Å²) >= 11 is 0. The number of carboxylic acid groups (broad SMARTS) is 1. The molecule has 1 aromatic heterocycles. The molecule has 0 aliphatic heterocycles. The van der Waals surface area contributed by atoms with E-state index in [9.17, 15) is 9.59 Å². The Morgan fingerprint density at radius 2 is 1.73 bits per heavy atom. The maximum atomic E-state index is 11.8. The Hall–Kier alpha value is -2.40. The van der Waals surface area contributed by atoms with Crippen LogP contribution in [0.5, 0.6) is 0 Å². The van der Waals surface area contributed by atoms with Gasteiger partial charge in [-0.05, 0) is 19.1 Å². The molecule has 2 N–H and O–H groups in total. The van der Waals surface area contributed by atoms with Gasteiger partial charge in [0.05, 0.1) is 0 Å². The van der Waals surface area contributed by atoms with Crippen LogP contribution in [0.4, 0.5) is 0 Å². The predicted molar refractivity (Wildman–Crippen MR) is 76.7 cm³/mol. The predicted octanol–water partition coefficient (Wildman–Crippen LogP) is -1.77. The van der Waals surface area contributed by atoms with E-state index in [1.54, 1.807) is 12.1 Å². The fraction of sp³-hybridized carbons (Fsp3) is 0.188. The second kappa shape index (κ2) is 8.14. The van der Waals surface area contributed by atoms with Gasteiger partial charge in [-0.15, -0.1) is 0 Å². The lowest BCUT2D eigenvalue weighted by Gasteiger charge is -2.09. The van der Waals surface area contributed by atoms with Gasteiger partial charge >= 0.3 is 5.97 Å². The van der Waals surface area contributed by atoms with Gasteiger partial charge in [0.25, 0.3) is 5.91 Å². The van der Waals surface area contributed by atoms with Crippen molar-refractivity contribution in [1.29, 1.82) is 0 Å². The molecule has 1 amide bonds. The van der Waals surface area contributed by atoms with Gasteiger partial charge in [-0.1, -0.05) is 18.2 Å². The summed E-state index contributed by atoms with van der Waals surface area (Å²) in [4.78, 5) is 22.6. The minimum absolute atomic E-state index is 0. The van der Waals surface area contributed by atoms with Crippen LogP contribution < -0.4 is 22.3 Å². The molecule has 0 aliphatic carbocycles. The van der Waals surface area contributed by atoms with Crippen molar-refractivity contribution >= 4 is 11.9 Å². The van der Waals surface area contributed by atoms with E-state index in [0.29, 0.717) is 12.1 Å². The molecule has 6 heteroatoms. The van der Waals surface area contributed by atoms with Crippen LogP contribution in [0, 0.1) is 0 Å². The number of rotatable bonds is 5. The van der Waals surface area contributed by atoms with Crippen LogP contribution in [0.25, 0.3) is 0 Å². The Labute approximate surface area is 135 Å². The second-order valence-corrected chi connectivity index (χ2v) is 4.78. The number of carboxylic acids is 1. The first kappa shape index (κ1) is 17.7. The van der Waals surface area contributed by atoms with Crippen LogP contribution in [-0.2, 0) is 11.3 Å². The number of nitrogens with zero attached hydrogens (tertiary/aromatic N) is 1. The van der Waals surface area contributed by atoms with E-state index < -0.39 is 12.0 Å². The summed E-state index contributed by atoms with van der Waals surface area (Å²) in [6, 6.07) is 12.1. The largest absolute Gasteiger partial charge is 1.00 e. The van der Waals surface area contributed by atoms with E-state index in [4.69, 9.17) is 5.11 Å². The third-order valence-electron chi connectivity index (χ3n) is 3.08. The van der Waals surface area contributed by atoms with Gasteiger partial charge in [-0.25, -0.2) is 4.57 Å². The molecule has 0 bridgehead atoms. The number of halogens is 1. The maximum Gasteiger partial charge on any atom is 0.325 e. The van der Waals surface area contributed by atoms with Crippen molar-refractivity contribution in [3.8, 4) is 0 Å². The van der Waals surface area contributed by atoms with Gasteiger partial charge in [0.15, 0.2) is 18.9 Å². The monoisotopic (exact) mass is 320 g/mol. The highest BCUT2D eigenvalue weighted by molar-refractivity contribution is 5.96. The number of amides is 1. The standard InChI is InChI=1S/C16H16N2O3.ClH/c1-12(16(20)21)17-15(19)14-7-5-13(6-8-14)11-18-9-3-2-4-10-18;/h2-10,12H,11H2,1H3,(H-,17,19,20,21);1H. The van der Waals surface area contributed by atoms with Gasteiger partial charge in [-0.2, -0.15) is 0 Å². The molecule has 0 radical (unpaired) electrons. The third kappa shape index (κ3) is 4.86. The Balaban J connectivity index is 0.00000242. The van der Waals surface area contributed by atoms with Crippen molar-refractivity contribution in [1.82, 2.24) is 5.32 Å². The zero-order valence-corrected chi connectivity index (χ0v) is 12.8. The van der Waals surface area contributed by atoms with Gasteiger partial charge in [-0.3, -0.25) is 9.59 Å². The summed E-state index contributed by atoms with van der Waals surface area (Å²) in [6.45, 7) is 2.15. The molecule has 0 spiro atoms. The lowest BCUT2D eigenvalue weighted by Crippen LogP contribution is -3.00. The molecule has 1 heterocycles. The van der Waals surface area contributed by atoms with E-state index >= 15 is 0 Å². The van der Waals surface area contributed by atoms with Crippen LogP contribution in [0.3, 0.4) is 0 Å². The molecule has 2 aromatic rings. The Bertz CT molecular complexity index is 630. The normalized spacial score (nSPS) is 11.1. The molecular weight excluding hydrogens is 304 g/mol. The first-order valence-electron chi connectivity index (χ1n) is 6.63. The number of hydrogen-bond acceptors (Lipinski definition) is 2. The zero-order valence-electron chi connectivity index (χ0n) is 12.1.